The molecule has 0 bridgehead atoms. The van der Waals surface area contributed by atoms with Gasteiger partial charge in [-0.05, 0) is 38.0 Å². The number of rotatable bonds is 3. The highest BCUT2D eigenvalue weighted by atomic mass is 16.2. The van der Waals surface area contributed by atoms with Gasteiger partial charge in [0.05, 0.1) is 0 Å². The third-order valence-corrected chi connectivity index (χ3v) is 4.58. The summed E-state index contributed by atoms with van der Waals surface area (Å²) in [5.74, 6) is 0.288. The lowest BCUT2D eigenvalue weighted by Gasteiger charge is -2.35. The molecule has 1 heterocycles. The van der Waals surface area contributed by atoms with Crippen LogP contribution in [-0.2, 0) is 11.2 Å². The number of ketones is 1. The van der Waals surface area contributed by atoms with Crippen LogP contribution in [0, 0.1) is 13.8 Å². The molecule has 24 heavy (non-hydrogen) atoms. The zero-order chi connectivity index (χ0) is 17.1. The molecule has 2 aromatic rings. The van der Waals surface area contributed by atoms with Crippen LogP contribution in [0.5, 0.6) is 0 Å². The number of hydrogen-bond acceptors (Lipinski definition) is 2. The largest absolute Gasteiger partial charge is 0.334 e. The van der Waals surface area contributed by atoms with Crippen LogP contribution >= 0.6 is 0 Å². The van der Waals surface area contributed by atoms with Crippen molar-refractivity contribution in [3.05, 3.63) is 70.8 Å². The first-order valence-electron chi connectivity index (χ1n) is 8.48. The molecule has 1 aliphatic rings. The molecule has 0 aromatic heterocycles. The zero-order valence-electron chi connectivity index (χ0n) is 14.3. The Balaban J connectivity index is 1.85. The van der Waals surface area contributed by atoms with Gasteiger partial charge in [0, 0.05) is 31.0 Å². The quantitative estimate of drug-likeness (QED) is 0.864. The van der Waals surface area contributed by atoms with Gasteiger partial charge in [-0.25, -0.2) is 0 Å². The minimum absolute atomic E-state index is 0.0373. The topological polar surface area (TPSA) is 37.4 Å². The van der Waals surface area contributed by atoms with E-state index in [4.69, 9.17) is 0 Å². The summed E-state index contributed by atoms with van der Waals surface area (Å²) < 4.78 is 0. The molecular weight excluding hydrogens is 298 g/mol. The molecule has 0 aliphatic carbocycles. The zero-order valence-corrected chi connectivity index (χ0v) is 14.3. The van der Waals surface area contributed by atoms with E-state index in [1.54, 1.807) is 0 Å². The Bertz CT molecular complexity index is 731. The SMILES string of the molecule is Cc1cc(C)cc(C(=O)N2CCC(=O)CC2Cc2ccccc2)c1. The van der Waals surface area contributed by atoms with Crippen molar-refractivity contribution in [2.45, 2.75) is 39.2 Å². The fraction of sp³-hybridized carbons (Fsp3) is 0.333. The number of carbonyl (C=O) groups excluding carboxylic acids is 2. The second-order valence-electron chi connectivity index (χ2n) is 6.71. The molecule has 0 radical (unpaired) electrons. The van der Waals surface area contributed by atoms with E-state index in [9.17, 15) is 9.59 Å². The van der Waals surface area contributed by atoms with E-state index in [0.717, 1.165) is 28.7 Å². The first kappa shape index (κ1) is 16.4. The highest BCUT2D eigenvalue weighted by Gasteiger charge is 2.31. The summed E-state index contributed by atoms with van der Waals surface area (Å²) in [6.45, 7) is 4.53. The summed E-state index contributed by atoms with van der Waals surface area (Å²) in [5, 5.41) is 0. The van der Waals surface area contributed by atoms with Gasteiger partial charge in [-0.15, -0.1) is 0 Å². The normalized spacial score (nSPS) is 17.8. The molecule has 2 aromatic carbocycles. The highest BCUT2D eigenvalue weighted by Crippen LogP contribution is 2.22. The fourth-order valence-corrected chi connectivity index (χ4v) is 3.50. The molecule has 3 rings (SSSR count). The Hall–Kier alpha value is -2.42. The molecular formula is C21H23NO2. The van der Waals surface area contributed by atoms with Gasteiger partial charge in [-0.1, -0.05) is 47.5 Å². The smallest absolute Gasteiger partial charge is 0.254 e. The van der Waals surface area contributed by atoms with Gasteiger partial charge in [-0.3, -0.25) is 9.59 Å². The van der Waals surface area contributed by atoms with E-state index in [1.165, 1.54) is 0 Å². The number of amides is 1. The Morgan fingerprint density at radius 2 is 1.75 bits per heavy atom. The Labute approximate surface area is 143 Å². The number of carbonyl (C=O) groups is 2. The maximum Gasteiger partial charge on any atom is 0.254 e. The minimum Gasteiger partial charge on any atom is -0.334 e. The lowest BCUT2D eigenvalue weighted by atomic mass is 9.93. The fourth-order valence-electron chi connectivity index (χ4n) is 3.50. The van der Waals surface area contributed by atoms with Crippen LogP contribution in [0.4, 0.5) is 0 Å². The van der Waals surface area contributed by atoms with Gasteiger partial charge in [-0.2, -0.15) is 0 Å². The van der Waals surface area contributed by atoms with Crippen molar-refractivity contribution in [2.75, 3.05) is 6.54 Å². The highest BCUT2D eigenvalue weighted by molar-refractivity contribution is 5.96. The summed E-state index contributed by atoms with van der Waals surface area (Å²) in [5.41, 5.74) is 4.06. The van der Waals surface area contributed by atoms with Crippen molar-refractivity contribution in [1.82, 2.24) is 4.90 Å². The Morgan fingerprint density at radius 1 is 1.08 bits per heavy atom. The number of benzene rings is 2. The first-order chi connectivity index (χ1) is 11.5. The molecule has 1 fully saturated rings. The van der Waals surface area contributed by atoms with E-state index >= 15 is 0 Å². The van der Waals surface area contributed by atoms with Gasteiger partial charge < -0.3 is 4.90 Å². The molecule has 1 aliphatic heterocycles. The predicted octanol–water partition coefficient (Wildman–Crippen LogP) is 3.72. The van der Waals surface area contributed by atoms with Crippen LogP contribution in [0.3, 0.4) is 0 Å². The summed E-state index contributed by atoms with van der Waals surface area (Å²) >= 11 is 0. The number of piperidine rings is 1. The number of likely N-dealkylation sites (tertiary alicyclic amines) is 1. The second-order valence-corrected chi connectivity index (χ2v) is 6.71. The Morgan fingerprint density at radius 3 is 2.42 bits per heavy atom. The number of aryl methyl sites for hydroxylation is 2. The van der Waals surface area contributed by atoms with Crippen LogP contribution in [0.1, 0.15) is 39.9 Å². The average molecular weight is 321 g/mol. The standard InChI is InChI=1S/C21H23NO2/c1-15-10-16(2)12-18(11-15)21(24)22-9-8-20(23)14-19(22)13-17-6-4-3-5-7-17/h3-7,10-12,19H,8-9,13-14H2,1-2H3. The summed E-state index contributed by atoms with van der Waals surface area (Å²) in [6, 6.07) is 16.0. The summed E-state index contributed by atoms with van der Waals surface area (Å²) in [4.78, 5) is 26.9. The van der Waals surface area contributed by atoms with Gasteiger partial charge >= 0.3 is 0 Å². The third-order valence-electron chi connectivity index (χ3n) is 4.58. The molecule has 1 unspecified atom stereocenters. The average Bonchev–Trinajstić information content (AvgIpc) is 2.54. The van der Waals surface area contributed by atoms with Crippen LogP contribution < -0.4 is 0 Å². The maximum atomic E-state index is 13.0. The number of hydrogen-bond donors (Lipinski definition) is 0. The van der Waals surface area contributed by atoms with E-state index in [1.807, 2.05) is 49.1 Å². The summed E-state index contributed by atoms with van der Waals surface area (Å²) in [6.07, 6.45) is 1.64. The lowest BCUT2D eigenvalue weighted by Crippen LogP contribution is -2.47. The van der Waals surface area contributed by atoms with Crippen LogP contribution in [0.15, 0.2) is 48.5 Å². The van der Waals surface area contributed by atoms with Crippen molar-refractivity contribution in [2.24, 2.45) is 0 Å². The molecule has 124 valence electrons. The van der Waals surface area contributed by atoms with Crippen molar-refractivity contribution >= 4 is 11.7 Å². The van der Waals surface area contributed by atoms with E-state index < -0.39 is 0 Å². The molecule has 3 nitrogen and oxygen atoms in total. The monoisotopic (exact) mass is 321 g/mol. The molecule has 0 spiro atoms. The lowest BCUT2D eigenvalue weighted by molar-refractivity contribution is -0.122. The third kappa shape index (κ3) is 3.73. The number of nitrogens with zero attached hydrogens (tertiary/aromatic N) is 1. The molecule has 1 atom stereocenters. The van der Waals surface area contributed by atoms with Crippen molar-refractivity contribution < 1.29 is 9.59 Å². The summed E-state index contributed by atoms with van der Waals surface area (Å²) in [7, 11) is 0. The van der Waals surface area contributed by atoms with Gasteiger partial charge in [0.1, 0.15) is 5.78 Å². The van der Waals surface area contributed by atoms with E-state index in [2.05, 4.69) is 18.2 Å². The maximum absolute atomic E-state index is 13.0. The van der Waals surface area contributed by atoms with Gasteiger partial charge in [0.15, 0.2) is 0 Å². The van der Waals surface area contributed by atoms with Crippen LogP contribution in [0.2, 0.25) is 0 Å². The number of Topliss-reactive ketones (excluding diaryl/α,β-unsaturated/α-hetero) is 1. The predicted molar refractivity (Wildman–Crippen MR) is 95.1 cm³/mol. The van der Waals surface area contributed by atoms with Crippen molar-refractivity contribution in [1.29, 1.82) is 0 Å². The first-order valence-corrected chi connectivity index (χ1v) is 8.48. The van der Waals surface area contributed by atoms with E-state index in [0.29, 0.717) is 19.4 Å². The molecule has 0 N–H and O–H groups in total. The minimum atomic E-state index is -0.0537. The molecule has 0 saturated carbocycles. The van der Waals surface area contributed by atoms with E-state index in [-0.39, 0.29) is 17.7 Å². The molecule has 1 saturated heterocycles. The van der Waals surface area contributed by atoms with Crippen LogP contribution in [0.25, 0.3) is 0 Å². The molecule has 1 amide bonds. The Kier molecular flexibility index (Phi) is 4.79. The van der Waals surface area contributed by atoms with Gasteiger partial charge in [0.25, 0.3) is 5.91 Å². The van der Waals surface area contributed by atoms with Crippen LogP contribution in [-0.4, -0.2) is 29.2 Å². The van der Waals surface area contributed by atoms with Crippen molar-refractivity contribution in [3.63, 3.8) is 0 Å². The molecule has 3 heteroatoms. The van der Waals surface area contributed by atoms with Gasteiger partial charge in [0.2, 0.25) is 0 Å². The second kappa shape index (κ2) is 7.00. The van der Waals surface area contributed by atoms with Crippen molar-refractivity contribution in [3.8, 4) is 0 Å².